The van der Waals surface area contributed by atoms with Gasteiger partial charge in [-0.1, -0.05) is 30.3 Å². The molecule has 0 aliphatic heterocycles. The van der Waals surface area contributed by atoms with Gasteiger partial charge in [0, 0.05) is 17.6 Å². The van der Waals surface area contributed by atoms with Crippen molar-refractivity contribution in [2.24, 2.45) is 0 Å². The molecule has 2 aromatic carbocycles. The lowest BCUT2D eigenvalue weighted by atomic mass is 10.1. The van der Waals surface area contributed by atoms with Gasteiger partial charge in [0.15, 0.2) is 11.5 Å². The van der Waals surface area contributed by atoms with Crippen molar-refractivity contribution in [3.63, 3.8) is 0 Å². The summed E-state index contributed by atoms with van der Waals surface area (Å²) in [6.45, 7) is 5.25. The van der Waals surface area contributed by atoms with Crippen LogP contribution in [0.3, 0.4) is 0 Å². The van der Waals surface area contributed by atoms with Crippen LogP contribution >= 0.6 is 11.3 Å². The third-order valence-corrected chi connectivity index (χ3v) is 5.51. The lowest BCUT2D eigenvalue weighted by Gasteiger charge is -2.17. The van der Waals surface area contributed by atoms with Crippen molar-refractivity contribution in [1.82, 2.24) is 10.3 Å². The molecule has 0 spiro atoms. The van der Waals surface area contributed by atoms with Crippen molar-refractivity contribution in [3.8, 4) is 17.2 Å². The molecule has 0 amide bonds. The van der Waals surface area contributed by atoms with Crippen molar-refractivity contribution < 1.29 is 14.2 Å². The lowest BCUT2D eigenvalue weighted by molar-refractivity contribution is 0.265. The second kappa shape index (κ2) is 9.57. The summed E-state index contributed by atoms with van der Waals surface area (Å²) in [5.74, 6) is 1.93. The number of thiazole rings is 1. The predicted octanol–water partition coefficient (Wildman–Crippen LogP) is 4.90. The fraction of sp³-hybridized carbons (Fsp3) is 0.318. The van der Waals surface area contributed by atoms with Gasteiger partial charge in [0.2, 0.25) is 5.75 Å². The number of aromatic nitrogens is 1. The molecule has 6 heteroatoms. The van der Waals surface area contributed by atoms with Gasteiger partial charge in [-0.3, -0.25) is 0 Å². The molecule has 148 valence electrons. The maximum absolute atomic E-state index is 6.01. The highest BCUT2D eigenvalue weighted by atomic mass is 32.1. The fourth-order valence-corrected chi connectivity index (χ4v) is 3.67. The summed E-state index contributed by atoms with van der Waals surface area (Å²) >= 11 is 1.67. The SMILES string of the molecule is COc1cc(CNC(C)c2nc(C)cs2)cc(OC)c1OCc1ccccc1. The molecule has 0 saturated heterocycles. The molecule has 0 aliphatic rings. The van der Waals surface area contributed by atoms with Gasteiger partial charge in [0.1, 0.15) is 11.6 Å². The lowest BCUT2D eigenvalue weighted by Crippen LogP contribution is -2.18. The maximum atomic E-state index is 6.01. The molecule has 1 unspecified atom stereocenters. The van der Waals surface area contributed by atoms with Crippen LogP contribution in [0, 0.1) is 6.92 Å². The minimum Gasteiger partial charge on any atom is -0.493 e. The Kier molecular flexibility index (Phi) is 6.90. The van der Waals surface area contributed by atoms with Crippen LogP contribution in [-0.4, -0.2) is 19.2 Å². The van der Waals surface area contributed by atoms with Crippen molar-refractivity contribution in [1.29, 1.82) is 0 Å². The normalized spacial score (nSPS) is 11.9. The second-order valence-corrected chi connectivity index (χ2v) is 7.42. The molecular formula is C22H26N2O3S. The predicted molar refractivity (Wildman–Crippen MR) is 112 cm³/mol. The number of benzene rings is 2. The zero-order chi connectivity index (χ0) is 19.9. The van der Waals surface area contributed by atoms with Crippen molar-refractivity contribution in [2.45, 2.75) is 33.0 Å². The first-order valence-electron chi connectivity index (χ1n) is 9.17. The largest absolute Gasteiger partial charge is 0.493 e. The van der Waals surface area contributed by atoms with Crippen LogP contribution in [0.25, 0.3) is 0 Å². The van der Waals surface area contributed by atoms with Crippen LogP contribution in [0.1, 0.15) is 34.8 Å². The maximum Gasteiger partial charge on any atom is 0.203 e. The summed E-state index contributed by atoms with van der Waals surface area (Å²) in [6.07, 6.45) is 0. The van der Waals surface area contributed by atoms with E-state index in [1.165, 1.54) is 0 Å². The molecule has 3 rings (SSSR count). The Balaban J connectivity index is 1.72. The summed E-state index contributed by atoms with van der Waals surface area (Å²) in [6, 6.07) is 14.2. The van der Waals surface area contributed by atoms with Crippen LogP contribution in [0.4, 0.5) is 0 Å². The molecule has 1 N–H and O–H groups in total. The van der Waals surface area contributed by atoms with Gasteiger partial charge in [-0.15, -0.1) is 11.3 Å². The summed E-state index contributed by atoms with van der Waals surface area (Å²) in [5, 5.41) is 6.65. The highest BCUT2D eigenvalue weighted by Gasteiger charge is 2.16. The van der Waals surface area contributed by atoms with Crippen molar-refractivity contribution >= 4 is 11.3 Å². The first kappa shape index (κ1) is 20.2. The average molecular weight is 399 g/mol. The van der Waals surface area contributed by atoms with Gasteiger partial charge in [-0.2, -0.15) is 0 Å². The standard InChI is InChI=1S/C22H26N2O3S/c1-15-14-28-22(24-15)16(2)23-12-18-10-19(25-3)21(20(11-18)26-4)27-13-17-8-6-5-7-9-17/h5-11,14,16,23H,12-13H2,1-4H3. The Morgan fingerprint density at radius 2 is 1.71 bits per heavy atom. The summed E-state index contributed by atoms with van der Waals surface area (Å²) in [7, 11) is 3.28. The van der Waals surface area contributed by atoms with E-state index < -0.39 is 0 Å². The van der Waals surface area contributed by atoms with E-state index >= 15 is 0 Å². The van der Waals surface area contributed by atoms with Gasteiger partial charge in [-0.05, 0) is 37.1 Å². The number of aryl methyl sites for hydroxylation is 1. The quantitative estimate of drug-likeness (QED) is 0.556. The first-order valence-corrected chi connectivity index (χ1v) is 10.1. The van der Waals surface area contributed by atoms with E-state index in [0.29, 0.717) is 30.4 Å². The van der Waals surface area contributed by atoms with Crippen LogP contribution in [0.15, 0.2) is 47.8 Å². The second-order valence-electron chi connectivity index (χ2n) is 6.53. The third-order valence-electron chi connectivity index (χ3n) is 4.37. The van der Waals surface area contributed by atoms with Crippen LogP contribution in [-0.2, 0) is 13.2 Å². The third kappa shape index (κ3) is 5.03. The minimum absolute atomic E-state index is 0.171. The summed E-state index contributed by atoms with van der Waals surface area (Å²) in [4.78, 5) is 4.54. The first-order chi connectivity index (χ1) is 13.6. The topological polar surface area (TPSA) is 52.6 Å². The zero-order valence-corrected chi connectivity index (χ0v) is 17.5. The Hall–Kier alpha value is -2.57. The molecule has 5 nitrogen and oxygen atoms in total. The number of methoxy groups -OCH3 is 2. The molecule has 3 aromatic rings. The molecule has 0 saturated carbocycles. The Morgan fingerprint density at radius 3 is 2.29 bits per heavy atom. The van der Waals surface area contributed by atoms with E-state index in [0.717, 1.165) is 21.8 Å². The van der Waals surface area contributed by atoms with E-state index in [4.69, 9.17) is 14.2 Å². The molecule has 0 fully saturated rings. The number of rotatable bonds is 9. The van der Waals surface area contributed by atoms with Gasteiger partial charge >= 0.3 is 0 Å². The number of ether oxygens (including phenoxy) is 3. The average Bonchev–Trinajstić information content (AvgIpc) is 3.17. The number of nitrogens with one attached hydrogen (secondary N) is 1. The molecule has 1 heterocycles. The zero-order valence-electron chi connectivity index (χ0n) is 16.7. The number of hydrogen-bond acceptors (Lipinski definition) is 6. The van der Waals surface area contributed by atoms with Crippen LogP contribution < -0.4 is 19.5 Å². The monoisotopic (exact) mass is 398 g/mol. The number of hydrogen-bond donors (Lipinski definition) is 1. The van der Waals surface area contributed by atoms with Crippen LogP contribution in [0.2, 0.25) is 0 Å². The summed E-state index contributed by atoms with van der Waals surface area (Å²) in [5.41, 5.74) is 3.20. The summed E-state index contributed by atoms with van der Waals surface area (Å²) < 4.78 is 17.1. The van der Waals surface area contributed by atoms with E-state index in [1.54, 1.807) is 25.6 Å². The van der Waals surface area contributed by atoms with Crippen LogP contribution in [0.5, 0.6) is 17.2 Å². The molecule has 0 radical (unpaired) electrons. The molecular weight excluding hydrogens is 372 g/mol. The molecule has 0 aliphatic carbocycles. The van der Waals surface area contributed by atoms with Crippen molar-refractivity contribution in [3.05, 3.63) is 69.7 Å². The molecule has 28 heavy (non-hydrogen) atoms. The Labute approximate surface area is 170 Å². The highest BCUT2D eigenvalue weighted by Crippen LogP contribution is 2.39. The minimum atomic E-state index is 0.171. The molecule has 0 bridgehead atoms. The Morgan fingerprint density at radius 1 is 1.04 bits per heavy atom. The van der Waals surface area contributed by atoms with E-state index in [9.17, 15) is 0 Å². The number of nitrogens with zero attached hydrogens (tertiary/aromatic N) is 1. The van der Waals surface area contributed by atoms with E-state index in [1.807, 2.05) is 49.4 Å². The van der Waals surface area contributed by atoms with E-state index in [2.05, 4.69) is 22.6 Å². The molecule has 1 atom stereocenters. The molecule has 1 aromatic heterocycles. The van der Waals surface area contributed by atoms with E-state index in [-0.39, 0.29) is 6.04 Å². The van der Waals surface area contributed by atoms with Gasteiger partial charge in [0.25, 0.3) is 0 Å². The van der Waals surface area contributed by atoms with Gasteiger partial charge in [0.05, 0.1) is 20.3 Å². The van der Waals surface area contributed by atoms with Crippen molar-refractivity contribution in [2.75, 3.05) is 14.2 Å². The van der Waals surface area contributed by atoms with Gasteiger partial charge in [-0.25, -0.2) is 4.98 Å². The smallest absolute Gasteiger partial charge is 0.203 e. The van der Waals surface area contributed by atoms with Gasteiger partial charge < -0.3 is 19.5 Å². The fourth-order valence-electron chi connectivity index (χ4n) is 2.84. The Bertz CT molecular complexity index is 871. The highest BCUT2D eigenvalue weighted by molar-refractivity contribution is 7.09.